The molecule has 0 saturated carbocycles. The van der Waals surface area contributed by atoms with Crippen LogP contribution in [-0.4, -0.2) is 20.8 Å². The lowest BCUT2D eigenvalue weighted by Crippen LogP contribution is -2.15. The van der Waals surface area contributed by atoms with Crippen molar-refractivity contribution in [2.45, 2.75) is 0 Å². The minimum Gasteiger partial charge on any atom is -0.329 e. The first-order chi connectivity index (χ1) is 11.1. The first-order valence-corrected chi connectivity index (χ1v) is 6.30. The van der Waals surface area contributed by atoms with Gasteiger partial charge >= 0.3 is 0 Å². The molecule has 9 nitrogen and oxygen atoms in total. The van der Waals surface area contributed by atoms with Crippen LogP contribution in [0, 0.1) is 21.4 Å². The predicted molar refractivity (Wildman–Crippen MR) is 81.1 cm³/mol. The summed E-state index contributed by atoms with van der Waals surface area (Å²) in [6.45, 7) is 0. The Balaban J connectivity index is 2.15. The van der Waals surface area contributed by atoms with Crippen LogP contribution in [0.3, 0.4) is 0 Å². The molecule has 0 bridgehead atoms. The maximum Gasteiger partial charge on any atom is 0.292 e. The molecule has 114 valence electrons. The molecular weight excluding hydrogens is 300 g/mol. The number of nitrogens with zero attached hydrogens (tertiary/aromatic N) is 4. The summed E-state index contributed by atoms with van der Waals surface area (Å²) in [5.74, 6) is -0.580. The minimum absolute atomic E-state index is 0.000360. The molecule has 2 rings (SSSR count). The molecule has 0 aliphatic heterocycles. The molecule has 1 amide bonds. The molecule has 0 fully saturated rings. The summed E-state index contributed by atoms with van der Waals surface area (Å²) in [6.07, 6.45) is 4.10. The highest BCUT2D eigenvalue weighted by atomic mass is 16.6. The molecule has 0 aliphatic rings. The van der Waals surface area contributed by atoms with Crippen molar-refractivity contribution in [1.82, 2.24) is 9.97 Å². The molecular formula is C14H10N6O3. The van der Waals surface area contributed by atoms with Gasteiger partial charge in [-0.15, -0.1) is 0 Å². The van der Waals surface area contributed by atoms with Gasteiger partial charge in [-0.2, -0.15) is 5.26 Å². The summed E-state index contributed by atoms with van der Waals surface area (Å²) in [4.78, 5) is 30.0. The Morgan fingerprint density at radius 2 is 1.96 bits per heavy atom. The summed E-state index contributed by atoms with van der Waals surface area (Å²) >= 11 is 0. The average Bonchev–Trinajstić information content (AvgIpc) is 2.56. The number of hydrogen-bond acceptors (Lipinski definition) is 7. The second-order valence-corrected chi connectivity index (χ2v) is 4.11. The highest BCUT2D eigenvalue weighted by Crippen LogP contribution is 2.23. The number of rotatable bonds is 5. The second kappa shape index (κ2) is 7.28. The number of nitro benzene ring substituents is 1. The maximum absolute atomic E-state index is 12.0. The van der Waals surface area contributed by atoms with E-state index in [2.05, 4.69) is 20.6 Å². The Labute approximate surface area is 130 Å². The van der Waals surface area contributed by atoms with Crippen molar-refractivity contribution in [2.75, 3.05) is 10.6 Å². The van der Waals surface area contributed by atoms with Crippen molar-refractivity contribution < 1.29 is 9.72 Å². The summed E-state index contributed by atoms with van der Waals surface area (Å²) in [6, 6.07) is 8.95. The average molecular weight is 310 g/mol. The van der Waals surface area contributed by atoms with Crippen LogP contribution < -0.4 is 10.6 Å². The number of aromatic nitrogens is 2. The van der Waals surface area contributed by atoms with Crippen LogP contribution in [0.1, 0.15) is 0 Å². The first-order valence-electron chi connectivity index (χ1n) is 6.30. The highest BCUT2D eigenvalue weighted by molar-refractivity contribution is 6.07. The fourth-order valence-corrected chi connectivity index (χ4v) is 1.59. The third-order valence-corrected chi connectivity index (χ3v) is 2.63. The SMILES string of the molecule is N#C/C(=C/Nc1ncccn1)C(=O)Nc1ccccc1[N+](=O)[O-]. The van der Waals surface area contributed by atoms with E-state index in [9.17, 15) is 14.9 Å². The van der Waals surface area contributed by atoms with E-state index in [0.29, 0.717) is 0 Å². The number of carbonyl (C=O) groups is 1. The van der Waals surface area contributed by atoms with Gasteiger partial charge in [-0.3, -0.25) is 14.9 Å². The van der Waals surface area contributed by atoms with Gasteiger partial charge in [-0.1, -0.05) is 12.1 Å². The fraction of sp³-hybridized carbons (Fsp3) is 0. The van der Waals surface area contributed by atoms with E-state index >= 15 is 0 Å². The van der Waals surface area contributed by atoms with E-state index in [1.165, 1.54) is 36.7 Å². The second-order valence-electron chi connectivity index (χ2n) is 4.11. The van der Waals surface area contributed by atoms with Crippen LogP contribution in [0.4, 0.5) is 17.3 Å². The molecule has 0 aliphatic carbocycles. The Morgan fingerprint density at radius 1 is 1.26 bits per heavy atom. The minimum atomic E-state index is -0.787. The highest BCUT2D eigenvalue weighted by Gasteiger charge is 2.17. The normalized spacial score (nSPS) is 10.5. The van der Waals surface area contributed by atoms with E-state index in [4.69, 9.17) is 5.26 Å². The largest absolute Gasteiger partial charge is 0.329 e. The van der Waals surface area contributed by atoms with Crippen molar-refractivity contribution >= 4 is 23.2 Å². The predicted octanol–water partition coefficient (Wildman–Crippen LogP) is 1.84. The maximum atomic E-state index is 12.0. The number of nitriles is 1. The van der Waals surface area contributed by atoms with Crippen molar-refractivity contribution in [3.05, 3.63) is 64.6 Å². The van der Waals surface area contributed by atoms with E-state index in [-0.39, 0.29) is 22.9 Å². The lowest BCUT2D eigenvalue weighted by atomic mass is 10.2. The van der Waals surface area contributed by atoms with Crippen molar-refractivity contribution in [2.24, 2.45) is 0 Å². The molecule has 0 radical (unpaired) electrons. The number of amides is 1. The zero-order valence-corrected chi connectivity index (χ0v) is 11.6. The Kier molecular flexibility index (Phi) is 4.93. The van der Waals surface area contributed by atoms with Crippen LogP contribution in [-0.2, 0) is 4.79 Å². The summed E-state index contributed by atoms with van der Waals surface area (Å²) < 4.78 is 0. The summed E-state index contributed by atoms with van der Waals surface area (Å²) in [5, 5.41) is 24.9. The van der Waals surface area contributed by atoms with Gasteiger partial charge in [0.1, 0.15) is 17.3 Å². The lowest BCUT2D eigenvalue weighted by Gasteiger charge is -2.05. The monoisotopic (exact) mass is 310 g/mol. The number of carbonyl (C=O) groups excluding carboxylic acids is 1. The number of hydrogen-bond donors (Lipinski definition) is 2. The molecule has 23 heavy (non-hydrogen) atoms. The van der Waals surface area contributed by atoms with Gasteiger partial charge in [0.05, 0.1) is 4.92 Å². The summed E-state index contributed by atoms with van der Waals surface area (Å²) in [5.41, 5.74) is -0.548. The Morgan fingerprint density at radius 3 is 2.61 bits per heavy atom. The van der Waals surface area contributed by atoms with Gasteiger partial charge in [-0.25, -0.2) is 9.97 Å². The number of anilines is 2. The Bertz CT molecular complexity index is 798. The molecule has 2 aromatic rings. The smallest absolute Gasteiger partial charge is 0.292 e. The van der Waals surface area contributed by atoms with Gasteiger partial charge in [0.25, 0.3) is 11.6 Å². The molecule has 0 saturated heterocycles. The zero-order chi connectivity index (χ0) is 16.7. The molecule has 2 N–H and O–H groups in total. The molecule has 1 heterocycles. The number of nitrogens with one attached hydrogen (secondary N) is 2. The fourth-order valence-electron chi connectivity index (χ4n) is 1.59. The standard InChI is InChI=1S/C14H10N6O3/c15-8-10(9-18-14-16-6-3-7-17-14)13(21)19-11-4-1-2-5-12(11)20(22)23/h1-7,9H,(H,19,21)(H,16,17,18)/b10-9-. The Hall–Kier alpha value is -3.80. The molecule has 0 spiro atoms. The molecule has 1 aromatic heterocycles. The van der Waals surface area contributed by atoms with Gasteiger partial charge in [0, 0.05) is 24.7 Å². The van der Waals surface area contributed by atoms with Crippen LogP contribution in [0.5, 0.6) is 0 Å². The molecule has 9 heteroatoms. The van der Waals surface area contributed by atoms with Gasteiger partial charge < -0.3 is 10.6 Å². The molecule has 1 aromatic carbocycles. The topological polar surface area (TPSA) is 134 Å². The van der Waals surface area contributed by atoms with Crippen LogP contribution in [0.2, 0.25) is 0 Å². The van der Waals surface area contributed by atoms with Crippen LogP contribution >= 0.6 is 0 Å². The van der Waals surface area contributed by atoms with Gasteiger partial charge in [-0.05, 0) is 12.1 Å². The van der Waals surface area contributed by atoms with Gasteiger partial charge in [0.15, 0.2) is 0 Å². The van der Waals surface area contributed by atoms with Crippen LogP contribution in [0.25, 0.3) is 0 Å². The van der Waals surface area contributed by atoms with Crippen molar-refractivity contribution in [1.29, 1.82) is 5.26 Å². The first kappa shape index (κ1) is 15.6. The lowest BCUT2D eigenvalue weighted by molar-refractivity contribution is -0.383. The van der Waals surface area contributed by atoms with E-state index in [0.717, 1.165) is 6.20 Å². The van der Waals surface area contributed by atoms with Crippen molar-refractivity contribution in [3.8, 4) is 6.07 Å². The number of para-hydroxylation sites is 2. The molecule has 0 atom stereocenters. The quantitative estimate of drug-likeness (QED) is 0.372. The number of benzene rings is 1. The van der Waals surface area contributed by atoms with Gasteiger partial charge in [0.2, 0.25) is 5.95 Å². The zero-order valence-electron chi connectivity index (χ0n) is 11.6. The van der Waals surface area contributed by atoms with E-state index < -0.39 is 10.8 Å². The number of nitro groups is 1. The molecule has 0 unspecified atom stereocenters. The van der Waals surface area contributed by atoms with Crippen LogP contribution in [0.15, 0.2) is 54.5 Å². The summed E-state index contributed by atoms with van der Waals surface area (Å²) in [7, 11) is 0. The van der Waals surface area contributed by atoms with E-state index in [1.807, 2.05) is 0 Å². The van der Waals surface area contributed by atoms with E-state index in [1.54, 1.807) is 12.1 Å². The van der Waals surface area contributed by atoms with Crippen molar-refractivity contribution in [3.63, 3.8) is 0 Å². The third-order valence-electron chi connectivity index (χ3n) is 2.63. The third kappa shape index (κ3) is 4.08.